The maximum Gasteiger partial charge on any atom is 0.191 e. The van der Waals surface area contributed by atoms with Crippen LogP contribution in [0, 0.1) is 0 Å². The van der Waals surface area contributed by atoms with E-state index in [1.54, 1.807) is 29.7 Å². The monoisotopic (exact) mass is 393 g/mol. The summed E-state index contributed by atoms with van der Waals surface area (Å²) in [6, 6.07) is 4.23. The number of aliphatic imine (C=N–C) groups is 1. The first-order valence-electron chi connectivity index (χ1n) is 5.35. The van der Waals surface area contributed by atoms with Crippen LogP contribution in [0.4, 0.5) is 0 Å². The summed E-state index contributed by atoms with van der Waals surface area (Å²) in [5.74, 6) is 0.836. The molecule has 0 fully saturated rings. The van der Waals surface area contributed by atoms with Gasteiger partial charge in [0.15, 0.2) is 5.96 Å². The first-order valence-corrected chi connectivity index (χ1v) is 7.23. The van der Waals surface area contributed by atoms with Gasteiger partial charge in [-0.25, -0.2) is 0 Å². The fourth-order valence-electron chi connectivity index (χ4n) is 1.38. The fraction of sp³-hybridized carbons (Fsp3) is 0.250. The van der Waals surface area contributed by atoms with Gasteiger partial charge in [-0.05, 0) is 44.8 Å². The van der Waals surface area contributed by atoms with Gasteiger partial charge in [0, 0.05) is 20.1 Å². The molecule has 6 heteroatoms. The van der Waals surface area contributed by atoms with Crippen LogP contribution in [0.1, 0.15) is 11.1 Å². The van der Waals surface area contributed by atoms with Crippen LogP contribution >= 0.6 is 46.7 Å². The molecule has 18 heavy (non-hydrogen) atoms. The minimum absolute atomic E-state index is 0. The molecule has 0 unspecified atom stereocenters. The average molecular weight is 393 g/mol. The quantitative estimate of drug-likeness (QED) is 0.475. The largest absolute Gasteiger partial charge is 0.352 e. The minimum atomic E-state index is 0. The van der Waals surface area contributed by atoms with Gasteiger partial charge in [0.05, 0.1) is 0 Å². The molecule has 2 heterocycles. The summed E-state index contributed by atoms with van der Waals surface area (Å²) in [5.41, 5.74) is 2.57. The lowest BCUT2D eigenvalue weighted by Crippen LogP contribution is -2.36. The van der Waals surface area contributed by atoms with Crippen molar-refractivity contribution in [2.75, 3.05) is 7.05 Å². The predicted molar refractivity (Wildman–Crippen MR) is 91.1 cm³/mol. The van der Waals surface area contributed by atoms with Crippen molar-refractivity contribution in [3.63, 3.8) is 0 Å². The summed E-state index contributed by atoms with van der Waals surface area (Å²) in [5, 5.41) is 15.0. The second kappa shape index (κ2) is 8.49. The highest BCUT2D eigenvalue weighted by molar-refractivity contribution is 14.0. The molecule has 3 nitrogen and oxygen atoms in total. The Kier molecular flexibility index (Phi) is 7.29. The van der Waals surface area contributed by atoms with E-state index >= 15 is 0 Å². The minimum Gasteiger partial charge on any atom is -0.352 e. The van der Waals surface area contributed by atoms with Gasteiger partial charge in [-0.3, -0.25) is 4.99 Å². The number of halogens is 1. The molecule has 0 saturated heterocycles. The number of thiophene rings is 2. The van der Waals surface area contributed by atoms with Crippen molar-refractivity contribution in [3.8, 4) is 0 Å². The van der Waals surface area contributed by atoms with Crippen molar-refractivity contribution in [1.82, 2.24) is 10.6 Å². The van der Waals surface area contributed by atoms with E-state index in [-0.39, 0.29) is 24.0 Å². The second-order valence-electron chi connectivity index (χ2n) is 3.54. The predicted octanol–water partition coefficient (Wildman–Crippen LogP) is 3.29. The van der Waals surface area contributed by atoms with Crippen molar-refractivity contribution in [2.45, 2.75) is 13.1 Å². The average Bonchev–Trinajstić information content (AvgIpc) is 3.02. The number of hydrogen-bond donors (Lipinski definition) is 2. The molecule has 98 valence electrons. The van der Waals surface area contributed by atoms with Crippen LogP contribution in [-0.2, 0) is 13.1 Å². The number of guanidine groups is 1. The first kappa shape index (κ1) is 15.5. The van der Waals surface area contributed by atoms with Crippen LogP contribution in [0.2, 0.25) is 0 Å². The molecule has 0 aliphatic carbocycles. The summed E-state index contributed by atoms with van der Waals surface area (Å²) in [6.07, 6.45) is 0. The molecule has 0 atom stereocenters. The molecule has 2 aromatic rings. The van der Waals surface area contributed by atoms with E-state index in [1.165, 1.54) is 11.1 Å². The van der Waals surface area contributed by atoms with Gasteiger partial charge in [0.25, 0.3) is 0 Å². The van der Waals surface area contributed by atoms with Crippen LogP contribution in [0.25, 0.3) is 0 Å². The van der Waals surface area contributed by atoms with Gasteiger partial charge < -0.3 is 10.6 Å². The number of nitrogens with zero attached hydrogens (tertiary/aromatic N) is 1. The molecule has 0 saturated carbocycles. The molecule has 2 rings (SSSR count). The fourth-order valence-corrected chi connectivity index (χ4v) is 2.72. The zero-order valence-electron chi connectivity index (χ0n) is 10.1. The maximum atomic E-state index is 4.19. The molecule has 2 N–H and O–H groups in total. The van der Waals surface area contributed by atoms with Crippen LogP contribution in [0.15, 0.2) is 38.6 Å². The lowest BCUT2D eigenvalue weighted by molar-refractivity contribution is 0.812. The van der Waals surface area contributed by atoms with Crippen LogP contribution in [0.5, 0.6) is 0 Å². The van der Waals surface area contributed by atoms with Crippen molar-refractivity contribution in [1.29, 1.82) is 0 Å². The van der Waals surface area contributed by atoms with E-state index in [9.17, 15) is 0 Å². The molecular weight excluding hydrogens is 377 g/mol. The third kappa shape index (κ3) is 4.95. The molecule has 2 aromatic heterocycles. The van der Waals surface area contributed by atoms with Crippen LogP contribution in [0.3, 0.4) is 0 Å². The topological polar surface area (TPSA) is 36.4 Å². The highest BCUT2D eigenvalue weighted by atomic mass is 127. The summed E-state index contributed by atoms with van der Waals surface area (Å²) in [7, 11) is 1.79. The lowest BCUT2D eigenvalue weighted by Gasteiger charge is -2.10. The summed E-state index contributed by atoms with van der Waals surface area (Å²) in [4.78, 5) is 4.19. The van der Waals surface area contributed by atoms with Gasteiger partial charge in [-0.1, -0.05) is 0 Å². The standard InChI is InChI=1S/C12H15N3S2.HI/c1-13-12(14-6-10-2-4-16-8-10)15-7-11-3-5-17-9-11;/h2-5,8-9H,6-7H2,1H3,(H2,13,14,15);1H. The van der Waals surface area contributed by atoms with Crippen LogP contribution < -0.4 is 10.6 Å². The molecule has 0 spiro atoms. The summed E-state index contributed by atoms with van der Waals surface area (Å²) >= 11 is 3.42. The van der Waals surface area contributed by atoms with E-state index < -0.39 is 0 Å². The van der Waals surface area contributed by atoms with Gasteiger partial charge in [-0.2, -0.15) is 22.7 Å². The Balaban J connectivity index is 0.00000162. The Morgan fingerprint density at radius 3 is 1.89 bits per heavy atom. The zero-order chi connectivity index (χ0) is 11.9. The third-order valence-corrected chi connectivity index (χ3v) is 3.77. The smallest absolute Gasteiger partial charge is 0.191 e. The van der Waals surface area contributed by atoms with E-state index in [0.717, 1.165) is 19.0 Å². The molecule has 0 aliphatic heterocycles. The molecule has 0 amide bonds. The highest BCUT2D eigenvalue weighted by Crippen LogP contribution is 2.06. The SMILES string of the molecule is CN=C(NCc1ccsc1)NCc1ccsc1.I. The van der Waals surface area contributed by atoms with E-state index in [4.69, 9.17) is 0 Å². The van der Waals surface area contributed by atoms with E-state index in [1.807, 2.05) is 0 Å². The Labute approximate surface area is 132 Å². The maximum absolute atomic E-state index is 4.19. The Hall–Kier alpha value is -0.600. The van der Waals surface area contributed by atoms with E-state index in [0.29, 0.717) is 0 Å². The molecule has 0 aliphatic rings. The molecule has 0 bridgehead atoms. The summed E-state index contributed by atoms with van der Waals surface area (Å²) < 4.78 is 0. The highest BCUT2D eigenvalue weighted by Gasteiger charge is 1.99. The van der Waals surface area contributed by atoms with Crippen molar-refractivity contribution < 1.29 is 0 Å². The second-order valence-corrected chi connectivity index (χ2v) is 5.10. The molecular formula is C12H16IN3S2. The Morgan fingerprint density at radius 2 is 1.56 bits per heavy atom. The molecule has 0 aromatic carbocycles. The van der Waals surface area contributed by atoms with Gasteiger partial charge >= 0.3 is 0 Å². The van der Waals surface area contributed by atoms with Gasteiger partial charge in [0.2, 0.25) is 0 Å². The molecule has 0 radical (unpaired) electrons. The number of hydrogen-bond acceptors (Lipinski definition) is 3. The normalized spacial score (nSPS) is 9.39. The van der Waals surface area contributed by atoms with Crippen molar-refractivity contribution in [2.24, 2.45) is 4.99 Å². The van der Waals surface area contributed by atoms with Crippen molar-refractivity contribution >= 4 is 52.6 Å². The number of rotatable bonds is 4. The first-order chi connectivity index (χ1) is 8.38. The Morgan fingerprint density at radius 1 is 1.06 bits per heavy atom. The zero-order valence-corrected chi connectivity index (χ0v) is 14.0. The van der Waals surface area contributed by atoms with Gasteiger partial charge in [0.1, 0.15) is 0 Å². The van der Waals surface area contributed by atoms with Gasteiger partial charge in [-0.15, -0.1) is 24.0 Å². The third-order valence-electron chi connectivity index (χ3n) is 2.30. The van der Waals surface area contributed by atoms with E-state index in [2.05, 4.69) is 49.3 Å². The van der Waals surface area contributed by atoms with Crippen LogP contribution in [-0.4, -0.2) is 13.0 Å². The summed E-state index contributed by atoms with van der Waals surface area (Å²) in [6.45, 7) is 1.62. The number of nitrogens with one attached hydrogen (secondary N) is 2. The lowest BCUT2D eigenvalue weighted by atomic mass is 10.3. The Bertz CT molecular complexity index is 411. The van der Waals surface area contributed by atoms with Crippen molar-refractivity contribution in [3.05, 3.63) is 44.8 Å².